The molecule has 28 heavy (non-hydrogen) atoms. The van der Waals surface area contributed by atoms with E-state index in [9.17, 15) is 9.59 Å². The average Bonchev–Trinajstić information content (AvgIpc) is 3.13. The Kier molecular flexibility index (Phi) is 6.82. The van der Waals surface area contributed by atoms with Gasteiger partial charge < -0.3 is 10.2 Å². The van der Waals surface area contributed by atoms with Gasteiger partial charge in [0.2, 0.25) is 5.91 Å². The van der Waals surface area contributed by atoms with Crippen LogP contribution in [0.25, 0.3) is 0 Å². The average molecular weight is 380 g/mol. The number of anilines is 1. The van der Waals surface area contributed by atoms with E-state index in [1.54, 1.807) is 17.0 Å². The van der Waals surface area contributed by atoms with Crippen molar-refractivity contribution in [3.8, 4) is 0 Å². The maximum Gasteiger partial charge on any atom is 0.259 e. The topological polar surface area (TPSA) is 52.7 Å². The second-order valence-electron chi connectivity index (χ2n) is 7.06. The van der Waals surface area contributed by atoms with Crippen LogP contribution in [0.5, 0.6) is 0 Å². The maximum atomic E-state index is 13.2. The summed E-state index contributed by atoms with van der Waals surface area (Å²) < 4.78 is 0. The molecule has 1 atom stereocenters. The molecular weight excluding hydrogens is 350 g/mol. The third-order valence-corrected chi connectivity index (χ3v) is 5.36. The van der Waals surface area contributed by atoms with Crippen molar-refractivity contribution >= 4 is 17.5 Å². The Bertz CT molecular complexity index is 803. The van der Waals surface area contributed by atoms with Gasteiger partial charge in [-0.2, -0.15) is 0 Å². The molecule has 5 heteroatoms. The molecule has 1 heterocycles. The first kappa shape index (κ1) is 20.1. The summed E-state index contributed by atoms with van der Waals surface area (Å²) in [5.74, 6) is -0.214. The number of para-hydroxylation sites is 1. The molecule has 5 nitrogen and oxygen atoms in total. The number of carbonyl (C=O) groups excluding carboxylic acids is 2. The van der Waals surface area contributed by atoms with Crippen molar-refractivity contribution in [3.05, 3.63) is 65.7 Å². The van der Waals surface area contributed by atoms with E-state index in [1.165, 1.54) is 0 Å². The van der Waals surface area contributed by atoms with E-state index in [1.807, 2.05) is 42.5 Å². The number of benzene rings is 2. The zero-order valence-electron chi connectivity index (χ0n) is 16.7. The first-order valence-corrected chi connectivity index (χ1v) is 10.1. The number of nitrogens with one attached hydrogen (secondary N) is 1. The molecule has 0 fully saturated rings. The summed E-state index contributed by atoms with van der Waals surface area (Å²) in [4.78, 5) is 30.1. The first-order valence-electron chi connectivity index (χ1n) is 10.1. The van der Waals surface area contributed by atoms with Crippen LogP contribution in [0.3, 0.4) is 0 Å². The lowest BCUT2D eigenvalue weighted by atomic mass is 10.1. The van der Waals surface area contributed by atoms with E-state index in [2.05, 4.69) is 24.1 Å². The van der Waals surface area contributed by atoms with Gasteiger partial charge in [0.25, 0.3) is 5.91 Å². The number of hydrogen-bond donors (Lipinski definition) is 1. The molecule has 148 valence electrons. The SMILES string of the molecule is CCN(CC)CCCNC(=O)[C@@H]1Cc2ccccc2N1C(=O)c1ccccc1. The van der Waals surface area contributed by atoms with Gasteiger partial charge >= 0.3 is 0 Å². The predicted octanol–water partition coefficient (Wildman–Crippen LogP) is 3.11. The van der Waals surface area contributed by atoms with Crippen LogP contribution < -0.4 is 10.2 Å². The Morgan fingerprint density at radius 1 is 1.04 bits per heavy atom. The Hall–Kier alpha value is -2.66. The van der Waals surface area contributed by atoms with Gasteiger partial charge in [-0.05, 0) is 49.8 Å². The Labute approximate surface area is 167 Å². The Morgan fingerprint density at radius 2 is 1.71 bits per heavy atom. The van der Waals surface area contributed by atoms with Gasteiger partial charge in [-0.15, -0.1) is 0 Å². The van der Waals surface area contributed by atoms with E-state index in [0.29, 0.717) is 18.5 Å². The zero-order valence-corrected chi connectivity index (χ0v) is 16.7. The van der Waals surface area contributed by atoms with Crippen LogP contribution in [0, 0.1) is 0 Å². The molecule has 2 amide bonds. The van der Waals surface area contributed by atoms with Crippen LogP contribution in [0.15, 0.2) is 54.6 Å². The minimum Gasteiger partial charge on any atom is -0.354 e. The molecule has 1 aliphatic heterocycles. The second-order valence-corrected chi connectivity index (χ2v) is 7.06. The molecule has 1 aliphatic rings. The van der Waals surface area contributed by atoms with Crippen molar-refractivity contribution in [1.82, 2.24) is 10.2 Å². The van der Waals surface area contributed by atoms with E-state index in [0.717, 1.165) is 37.3 Å². The number of nitrogens with zero attached hydrogens (tertiary/aromatic N) is 2. The number of amides is 2. The van der Waals surface area contributed by atoms with Gasteiger partial charge in [0.1, 0.15) is 6.04 Å². The largest absolute Gasteiger partial charge is 0.354 e. The lowest BCUT2D eigenvalue weighted by Gasteiger charge is -2.25. The molecule has 0 aromatic heterocycles. The van der Waals surface area contributed by atoms with Crippen molar-refractivity contribution in [1.29, 1.82) is 0 Å². The molecule has 0 aliphatic carbocycles. The standard InChI is InChI=1S/C23H29N3O2/c1-3-25(4-2)16-10-15-24-22(27)21-17-19-13-8-9-14-20(19)26(21)23(28)18-11-6-5-7-12-18/h5-9,11-14,21H,3-4,10,15-17H2,1-2H3,(H,24,27)/t21-/m0/s1. The molecule has 0 unspecified atom stereocenters. The summed E-state index contributed by atoms with van der Waals surface area (Å²) >= 11 is 0. The molecule has 2 aromatic carbocycles. The third kappa shape index (κ3) is 4.42. The van der Waals surface area contributed by atoms with Gasteiger partial charge in [-0.25, -0.2) is 0 Å². The van der Waals surface area contributed by atoms with Gasteiger partial charge in [0, 0.05) is 24.2 Å². The Balaban J connectivity index is 1.70. The predicted molar refractivity (Wildman–Crippen MR) is 113 cm³/mol. The second kappa shape index (κ2) is 9.51. The van der Waals surface area contributed by atoms with E-state index in [-0.39, 0.29) is 11.8 Å². The molecule has 1 N–H and O–H groups in total. The highest BCUT2D eigenvalue weighted by Crippen LogP contribution is 2.33. The fraction of sp³-hybridized carbons (Fsp3) is 0.391. The summed E-state index contributed by atoms with van der Waals surface area (Å²) in [6, 6.07) is 16.4. The summed E-state index contributed by atoms with van der Waals surface area (Å²) in [6.07, 6.45) is 1.45. The molecular formula is C23H29N3O2. The van der Waals surface area contributed by atoms with E-state index in [4.69, 9.17) is 0 Å². The summed E-state index contributed by atoms with van der Waals surface area (Å²) in [6.45, 7) is 7.90. The van der Waals surface area contributed by atoms with Crippen LogP contribution in [0.1, 0.15) is 36.2 Å². The molecule has 0 saturated heterocycles. The van der Waals surface area contributed by atoms with Crippen molar-refractivity contribution in [3.63, 3.8) is 0 Å². The maximum absolute atomic E-state index is 13.2. The van der Waals surface area contributed by atoms with Crippen LogP contribution in [-0.2, 0) is 11.2 Å². The number of fused-ring (bicyclic) bond motifs is 1. The fourth-order valence-corrected chi connectivity index (χ4v) is 3.74. The highest BCUT2D eigenvalue weighted by Gasteiger charge is 2.38. The van der Waals surface area contributed by atoms with Gasteiger partial charge in [-0.1, -0.05) is 50.2 Å². The highest BCUT2D eigenvalue weighted by molar-refractivity contribution is 6.11. The van der Waals surface area contributed by atoms with Crippen LogP contribution >= 0.6 is 0 Å². The number of carbonyl (C=O) groups is 2. The van der Waals surface area contributed by atoms with Crippen LogP contribution in [0.4, 0.5) is 5.69 Å². The van der Waals surface area contributed by atoms with Crippen molar-refractivity contribution in [2.75, 3.05) is 31.1 Å². The van der Waals surface area contributed by atoms with Crippen molar-refractivity contribution in [2.45, 2.75) is 32.7 Å². The zero-order chi connectivity index (χ0) is 19.9. The van der Waals surface area contributed by atoms with Gasteiger partial charge in [0.15, 0.2) is 0 Å². The third-order valence-electron chi connectivity index (χ3n) is 5.36. The molecule has 0 bridgehead atoms. The molecule has 0 saturated carbocycles. The monoisotopic (exact) mass is 379 g/mol. The van der Waals surface area contributed by atoms with E-state index < -0.39 is 6.04 Å². The summed E-state index contributed by atoms with van der Waals surface area (Å²) in [5.41, 5.74) is 2.47. The highest BCUT2D eigenvalue weighted by atomic mass is 16.2. The number of rotatable bonds is 8. The van der Waals surface area contributed by atoms with Crippen molar-refractivity contribution < 1.29 is 9.59 Å². The quantitative estimate of drug-likeness (QED) is 0.717. The summed E-state index contributed by atoms with van der Waals surface area (Å²) in [7, 11) is 0. The van der Waals surface area contributed by atoms with Crippen LogP contribution in [-0.4, -0.2) is 48.9 Å². The molecule has 3 rings (SSSR count). The minimum absolute atomic E-state index is 0.0833. The smallest absolute Gasteiger partial charge is 0.259 e. The lowest BCUT2D eigenvalue weighted by Crippen LogP contribution is -2.48. The van der Waals surface area contributed by atoms with Crippen LogP contribution in [0.2, 0.25) is 0 Å². The molecule has 2 aromatic rings. The molecule has 0 spiro atoms. The normalized spacial score (nSPS) is 15.5. The lowest BCUT2D eigenvalue weighted by molar-refractivity contribution is -0.122. The van der Waals surface area contributed by atoms with Crippen molar-refractivity contribution in [2.24, 2.45) is 0 Å². The number of hydrogen-bond acceptors (Lipinski definition) is 3. The fourth-order valence-electron chi connectivity index (χ4n) is 3.74. The Morgan fingerprint density at radius 3 is 2.43 bits per heavy atom. The van der Waals surface area contributed by atoms with Gasteiger partial charge in [0.05, 0.1) is 0 Å². The minimum atomic E-state index is -0.501. The van der Waals surface area contributed by atoms with E-state index >= 15 is 0 Å². The summed E-state index contributed by atoms with van der Waals surface area (Å²) in [5, 5.41) is 3.04. The first-order chi connectivity index (χ1) is 13.7. The molecule has 0 radical (unpaired) electrons. The van der Waals surface area contributed by atoms with Gasteiger partial charge in [-0.3, -0.25) is 14.5 Å².